The van der Waals surface area contributed by atoms with Gasteiger partial charge in [-0.15, -0.1) is 0 Å². The number of alkyl halides is 2. The molecule has 1 heterocycles. The Kier molecular flexibility index (Phi) is 2.94. The molecule has 0 radical (unpaired) electrons. The Morgan fingerprint density at radius 1 is 1.62 bits per heavy atom. The van der Waals surface area contributed by atoms with Crippen LogP contribution in [0.1, 0.15) is 23.1 Å². The molecule has 68 valence electrons. The highest BCUT2D eigenvalue weighted by atomic mass is 79.9. The molecule has 0 aliphatic carbocycles. The van der Waals surface area contributed by atoms with E-state index in [1.807, 2.05) is 6.07 Å². The number of hydrogen-bond donors (Lipinski definition) is 0. The van der Waals surface area contributed by atoms with Crippen molar-refractivity contribution >= 4 is 15.9 Å². The molecule has 0 fully saturated rings. The van der Waals surface area contributed by atoms with Crippen LogP contribution in [0.5, 0.6) is 0 Å². The van der Waals surface area contributed by atoms with Gasteiger partial charge in [0.25, 0.3) is 6.43 Å². The summed E-state index contributed by atoms with van der Waals surface area (Å²) in [6, 6.07) is 1.82. The smallest absolute Gasteiger partial charge is 0.247 e. The Hall–Kier alpha value is -1.02. The van der Waals surface area contributed by atoms with Crippen molar-refractivity contribution in [3.63, 3.8) is 0 Å². The van der Waals surface area contributed by atoms with Crippen molar-refractivity contribution in [2.75, 3.05) is 0 Å². The minimum atomic E-state index is -2.59. The van der Waals surface area contributed by atoms with Crippen LogP contribution in [0.15, 0.2) is 10.8 Å². The molecule has 5 heteroatoms. The fraction of sp³-hybridized carbons (Fsp3) is 0.250. The predicted octanol–water partition coefficient (Wildman–Crippen LogP) is 2.96. The van der Waals surface area contributed by atoms with Crippen LogP contribution in [0.25, 0.3) is 0 Å². The number of nitrogens with zero attached hydrogens (tertiary/aromatic N) is 2. The highest BCUT2D eigenvalue weighted by molar-refractivity contribution is 9.10. The lowest BCUT2D eigenvalue weighted by molar-refractivity contribution is 0.150. The van der Waals surface area contributed by atoms with E-state index in [1.165, 1.54) is 6.92 Å². The highest BCUT2D eigenvalue weighted by Gasteiger charge is 2.15. The van der Waals surface area contributed by atoms with Crippen LogP contribution in [0.2, 0.25) is 0 Å². The van der Waals surface area contributed by atoms with Gasteiger partial charge in [0.15, 0.2) is 0 Å². The summed E-state index contributed by atoms with van der Waals surface area (Å²) in [6.45, 7) is 1.48. The molecule has 1 rings (SSSR count). The molecular formula is C8H5BrF2N2. The van der Waals surface area contributed by atoms with Crippen LogP contribution >= 0.6 is 15.9 Å². The van der Waals surface area contributed by atoms with E-state index < -0.39 is 6.43 Å². The molecule has 0 N–H and O–H groups in total. The second-order valence-electron chi connectivity index (χ2n) is 2.42. The molecule has 0 amide bonds. The Labute approximate surface area is 82.3 Å². The van der Waals surface area contributed by atoms with E-state index in [4.69, 9.17) is 5.26 Å². The molecule has 0 bridgehead atoms. The van der Waals surface area contributed by atoms with Gasteiger partial charge in [-0.05, 0) is 28.4 Å². The SMILES string of the molecule is Cc1c(C(F)F)cnc(Br)c1C#N. The van der Waals surface area contributed by atoms with Crippen LogP contribution in [-0.2, 0) is 0 Å². The number of pyridine rings is 1. The zero-order valence-corrected chi connectivity index (χ0v) is 8.27. The van der Waals surface area contributed by atoms with Crippen LogP contribution in [-0.4, -0.2) is 4.98 Å². The number of aromatic nitrogens is 1. The van der Waals surface area contributed by atoms with E-state index in [-0.39, 0.29) is 16.7 Å². The van der Waals surface area contributed by atoms with Crippen LogP contribution in [0.4, 0.5) is 8.78 Å². The molecule has 0 saturated heterocycles. The Morgan fingerprint density at radius 3 is 2.69 bits per heavy atom. The molecule has 0 unspecified atom stereocenters. The fourth-order valence-corrected chi connectivity index (χ4v) is 1.43. The van der Waals surface area contributed by atoms with E-state index in [9.17, 15) is 8.78 Å². The maximum atomic E-state index is 12.3. The van der Waals surface area contributed by atoms with E-state index in [1.54, 1.807) is 0 Å². The van der Waals surface area contributed by atoms with Gasteiger partial charge in [0.05, 0.1) is 5.56 Å². The second-order valence-corrected chi connectivity index (χ2v) is 3.17. The first-order valence-electron chi connectivity index (χ1n) is 3.41. The summed E-state index contributed by atoms with van der Waals surface area (Å²) in [4.78, 5) is 3.65. The summed E-state index contributed by atoms with van der Waals surface area (Å²) in [5.74, 6) is 0. The first kappa shape index (κ1) is 10.1. The number of nitriles is 1. The van der Waals surface area contributed by atoms with Gasteiger partial charge in [-0.2, -0.15) is 5.26 Å². The first-order valence-corrected chi connectivity index (χ1v) is 4.20. The summed E-state index contributed by atoms with van der Waals surface area (Å²) in [5.41, 5.74) is 0.247. The Morgan fingerprint density at radius 2 is 2.23 bits per heavy atom. The minimum absolute atomic E-state index is 0.165. The van der Waals surface area contributed by atoms with Crippen LogP contribution in [0.3, 0.4) is 0 Å². The van der Waals surface area contributed by atoms with Crippen molar-refractivity contribution in [1.29, 1.82) is 5.26 Å². The fourth-order valence-electron chi connectivity index (χ4n) is 0.937. The Bertz CT molecular complexity index is 371. The lowest BCUT2D eigenvalue weighted by atomic mass is 10.1. The van der Waals surface area contributed by atoms with Gasteiger partial charge in [0.1, 0.15) is 10.7 Å². The van der Waals surface area contributed by atoms with Gasteiger partial charge in [0, 0.05) is 11.8 Å². The minimum Gasteiger partial charge on any atom is -0.247 e. The van der Waals surface area contributed by atoms with E-state index >= 15 is 0 Å². The molecule has 0 atom stereocenters. The van der Waals surface area contributed by atoms with E-state index in [2.05, 4.69) is 20.9 Å². The molecule has 0 aliphatic heterocycles. The number of rotatable bonds is 1. The molecule has 0 saturated carbocycles. The predicted molar refractivity (Wildman–Crippen MR) is 46.3 cm³/mol. The van der Waals surface area contributed by atoms with Crippen LogP contribution in [0, 0.1) is 18.3 Å². The average Bonchev–Trinajstić information content (AvgIpc) is 2.04. The molecule has 1 aromatic rings. The molecule has 0 aromatic carbocycles. The van der Waals surface area contributed by atoms with Crippen molar-refractivity contribution in [3.05, 3.63) is 27.5 Å². The summed E-state index contributed by atoms with van der Waals surface area (Å²) < 4.78 is 24.9. The summed E-state index contributed by atoms with van der Waals surface area (Å²) >= 11 is 3.01. The maximum absolute atomic E-state index is 12.3. The molecule has 2 nitrogen and oxygen atoms in total. The molecular weight excluding hydrogens is 242 g/mol. The Balaban J connectivity index is 3.38. The lowest BCUT2D eigenvalue weighted by Crippen LogP contribution is -1.96. The second kappa shape index (κ2) is 3.79. The van der Waals surface area contributed by atoms with Crippen molar-refractivity contribution in [1.82, 2.24) is 4.98 Å². The average molecular weight is 247 g/mol. The van der Waals surface area contributed by atoms with E-state index in [0.717, 1.165) is 6.20 Å². The molecule has 1 aromatic heterocycles. The van der Waals surface area contributed by atoms with E-state index in [0.29, 0.717) is 4.60 Å². The van der Waals surface area contributed by atoms with Gasteiger partial charge in [-0.1, -0.05) is 0 Å². The van der Waals surface area contributed by atoms with Gasteiger partial charge < -0.3 is 0 Å². The zero-order valence-electron chi connectivity index (χ0n) is 6.68. The third-order valence-electron chi connectivity index (χ3n) is 1.68. The molecule has 13 heavy (non-hydrogen) atoms. The largest absolute Gasteiger partial charge is 0.265 e. The highest BCUT2D eigenvalue weighted by Crippen LogP contribution is 2.26. The summed E-state index contributed by atoms with van der Waals surface area (Å²) in [6.07, 6.45) is -1.52. The molecule has 0 aliphatic rings. The zero-order chi connectivity index (χ0) is 10.0. The van der Waals surface area contributed by atoms with Gasteiger partial charge in [-0.3, -0.25) is 0 Å². The normalized spacial score (nSPS) is 10.2. The third-order valence-corrected chi connectivity index (χ3v) is 2.28. The summed E-state index contributed by atoms with van der Waals surface area (Å²) in [5, 5.41) is 8.64. The lowest BCUT2D eigenvalue weighted by Gasteiger charge is -2.06. The van der Waals surface area contributed by atoms with Crippen molar-refractivity contribution < 1.29 is 8.78 Å². The maximum Gasteiger partial charge on any atom is 0.265 e. The van der Waals surface area contributed by atoms with Crippen molar-refractivity contribution in [2.24, 2.45) is 0 Å². The van der Waals surface area contributed by atoms with Crippen LogP contribution < -0.4 is 0 Å². The van der Waals surface area contributed by atoms with Crippen molar-refractivity contribution in [3.8, 4) is 6.07 Å². The first-order chi connectivity index (χ1) is 6.07. The number of halogens is 3. The van der Waals surface area contributed by atoms with Gasteiger partial charge in [-0.25, -0.2) is 13.8 Å². The van der Waals surface area contributed by atoms with Gasteiger partial charge >= 0.3 is 0 Å². The van der Waals surface area contributed by atoms with Gasteiger partial charge in [0.2, 0.25) is 0 Å². The molecule has 0 spiro atoms. The monoisotopic (exact) mass is 246 g/mol. The summed E-state index contributed by atoms with van der Waals surface area (Å²) in [7, 11) is 0. The van der Waals surface area contributed by atoms with Crippen molar-refractivity contribution in [2.45, 2.75) is 13.3 Å². The number of hydrogen-bond acceptors (Lipinski definition) is 2. The third kappa shape index (κ3) is 1.83. The standard InChI is InChI=1S/C8H5BrF2N2/c1-4-5(2-12)7(9)13-3-6(4)8(10)11/h3,8H,1H3. The quantitative estimate of drug-likeness (QED) is 0.715. The topological polar surface area (TPSA) is 36.7 Å².